The lowest BCUT2D eigenvalue weighted by Gasteiger charge is -2.40. The van der Waals surface area contributed by atoms with Gasteiger partial charge in [-0.05, 0) is 56.0 Å². The Bertz CT molecular complexity index is 777. The van der Waals surface area contributed by atoms with E-state index in [2.05, 4.69) is 48.8 Å². The number of aryl methyl sites for hydroxylation is 2. The fourth-order valence-electron chi connectivity index (χ4n) is 3.81. The highest BCUT2D eigenvalue weighted by Crippen LogP contribution is 2.30. The minimum Gasteiger partial charge on any atom is -0.369 e. The Kier molecular flexibility index (Phi) is 5.80. The van der Waals surface area contributed by atoms with Gasteiger partial charge >= 0.3 is 6.18 Å². The van der Waals surface area contributed by atoms with E-state index < -0.39 is 11.7 Å². The summed E-state index contributed by atoms with van der Waals surface area (Å²) in [4.78, 5) is 4.79. The number of anilines is 1. The number of rotatable bonds is 4. The first-order valence-corrected chi connectivity index (χ1v) is 9.46. The smallest absolute Gasteiger partial charge is 0.369 e. The molecule has 0 aromatic heterocycles. The van der Waals surface area contributed by atoms with Gasteiger partial charge in [-0.3, -0.25) is 4.90 Å². The molecule has 3 rings (SSSR count). The van der Waals surface area contributed by atoms with Crippen LogP contribution in [0.2, 0.25) is 0 Å². The molecule has 2 aromatic rings. The lowest BCUT2D eigenvalue weighted by molar-refractivity contribution is -0.137. The van der Waals surface area contributed by atoms with Crippen LogP contribution in [-0.4, -0.2) is 37.1 Å². The molecule has 0 radical (unpaired) electrons. The molecule has 146 valence electrons. The van der Waals surface area contributed by atoms with Gasteiger partial charge in [0.05, 0.1) is 5.56 Å². The molecule has 0 saturated carbocycles. The molecule has 2 aromatic carbocycles. The third-order valence-corrected chi connectivity index (χ3v) is 5.43. The third kappa shape index (κ3) is 4.83. The minimum absolute atomic E-state index is 0.217. The Morgan fingerprint density at radius 2 is 1.67 bits per heavy atom. The number of alkyl halides is 3. The van der Waals surface area contributed by atoms with Crippen LogP contribution in [0.1, 0.15) is 29.2 Å². The first-order chi connectivity index (χ1) is 12.7. The highest BCUT2D eigenvalue weighted by atomic mass is 19.4. The van der Waals surface area contributed by atoms with Crippen molar-refractivity contribution < 1.29 is 13.2 Å². The molecule has 1 aliphatic heterocycles. The molecule has 2 nitrogen and oxygen atoms in total. The monoisotopic (exact) mass is 376 g/mol. The van der Waals surface area contributed by atoms with Crippen LogP contribution >= 0.6 is 0 Å². The van der Waals surface area contributed by atoms with Crippen LogP contribution in [-0.2, 0) is 12.6 Å². The van der Waals surface area contributed by atoms with Gasteiger partial charge in [-0.25, -0.2) is 0 Å². The van der Waals surface area contributed by atoms with Gasteiger partial charge < -0.3 is 4.90 Å². The van der Waals surface area contributed by atoms with E-state index in [1.54, 1.807) is 6.07 Å². The number of hydrogen-bond acceptors (Lipinski definition) is 2. The standard InChI is InChI=1S/C22H27F3N2/c1-16-7-8-17(2)21(13-16)27-11-9-26(10-12-27)18(3)14-19-5-4-6-20(15-19)22(23,24)25/h4-8,13,15,18H,9-12,14H2,1-3H3/t18-/m0/s1. The van der Waals surface area contributed by atoms with Crippen molar-refractivity contribution in [3.8, 4) is 0 Å². The molecule has 1 saturated heterocycles. The maximum absolute atomic E-state index is 12.9. The predicted octanol–water partition coefficient (Wildman–Crippen LogP) is 5.08. The van der Waals surface area contributed by atoms with Crippen LogP contribution in [0.5, 0.6) is 0 Å². The van der Waals surface area contributed by atoms with Gasteiger partial charge in [0.25, 0.3) is 0 Å². The summed E-state index contributed by atoms with van der Waals surface area (Å²) in [6.45, 7) is 10.1. The Morgan fingerprint density at radius 1 is 0.963 bits per heavy atom. The Morgan fingerprint density at radius 3 is 2.33 bits per heavy atom. The van der Waals surface area contributed by atoms with Crippen molar-refractivity contribution in [3.63, 3.8) is 0 Å². The molecule has 1 heterocycles. The summed E-state index contributed by atoms with van der Waals surface area (Å²) in [7, 11) is 0. The zero-order valence-electron chi connectivity index (χ0n) is 16.2. The molecule has 0 amide bonds. The van der Waals surface area contributed by atoms with E-state index >= 15 is 0 Å². The largest absolute Gasteiger partial charge is 0.416 e. The Hall–Kier alpha value is -2.01. The lowest BCUT2D eigenvalue weighted by Crippen LogP contribution is -2.50. The molecule has 0 N–H and O–H groups in total. The molecular weight excluding hydrogens is 349 g/mol. The van der Waals surface area contributed by atoms with Crippen LogP contribution in [0.25, 0.3) is 0 Å². The summed E-state index contributed by atoms with van der Waals surface area (Å²) in [5, 5.41) is 0. The fraction of sp³-hybridized carbons (Fsp3) is 0.455. The van der Waals surface area contributed by atoms with E-state index in [-0.39, 0.29) is 6.04 Å². The quantitative estimate of drug-likeness (QED) is 0.735. The van der Waals surface area contributed by atoms with Crippen molar-refractivity contribution in [3.05, 3.63) is 64.7 Å². The van der Waals surface area contributed by atoms with E-state index in [4.69, 9.17) is 0 Å². The van der Waals surface area contributed by atoms with Crippen LogP contribution < -0.4 is 4.90 Å². The van der Waals surface area contributed by atoms with Crippen molar-refractivity contribution in [2.24, 2.45) is 0 Å². The van der Waals surface area contributed by atoms with E-state index in [1.807, 2.05) is 0 Å². The molecule has 1 atom stereocenters. The maximum atomic E-state index is 12.9. The minimum atomic E-state index is -4.28. The summed E-state index contributed by atoms with van der Waals surface area (Å²) in [6.07, 6.45) is -3.65. The van der Waals surface area contributed by atoms with E-state index in [9.17, 15) is 13.2 Å². The van der Waals surface area contributed by atoms with Crippen LogP contribution in [0.4, 0.5) is 18.9 Å². The summed E-state index contributed by atoms with van der Waals surface area (Å²) in [5.74, 6) is 0. The second-order valence-corrected chi connectivity index (χ2v) is 7.56. The average molecular weight is 376 g/mol. The van der Waals surface area contributed by atoms with Crippen molar-refractivity contribution in [2.75, 3.05) is 31.1 Å². The maximum Gasteiger partial charge on any atom is 0.416 e. The molecule has 0 unspecified atom stereocenters. The lowest BCUT2D eigenvalue weighted by atomic mass is 10.0. The molecule has 1 fully saturated rings. The molecule has 1 aliphatic rings. The second kappa shape index (κ2) is 7.93. The number of hydrogen-bond donors (Lipinski definition) is 0. The van der Waals surface area contributed by atoms with Gasteiger partial charge in [0, 0.05) is 37.9 Å². The van der Waals surface area contributed by atoms with Crippen molar-refractivity contribution in [1.29, 1.82) is 0 Å². The number of benzene rings is 2. The Labute approximate surface area is 159 Å². The van der Waals surface area contributed by atoms with Gasteiger partial charge in [-0.15, -0.1) is 0 Å². The fourth-order valence-corrected chi connectivity index (χ4v) is 3.81. The summed E-state index contributed by atoms with van der Waals surface area (Å²) >= 11 is 0. The first-order valence-electron chi connectivity index (χ1n) is 9.46. The van der Waals surface area contributed by atoms with Gasteiger partial charge in [0.2, 0.25) is 0 Å². The molecule has 5 heteroatoms. The summed E-state index contributed by atoms with van der Waals surface area (Å²) < 4.78 is 38.7. The van der Waals surface area contributed by atoms with Crippen LogP contribution in [0, 0.1) is 13.8 Å². The normalized spacial score (nSPS) is 17.2. The summed E-state index contributed by atoms with van der Waals surface area (Å²) in [5.41, 5.74) is 4.02. The van der Waals surface area contributed by atoms with Crippen molar-refractivity contribution in [2.45, 2.75) is 39.4 Å². The highest BCUT2D eigenvalue weighted by molar-refractivity contribution is 5.55. The third-order valence-electron chi connectivity index (χ3n) is 5.43. The predicted molar refractivity (Wildman–Crippen MR) is 104 cm³/mol. The molecule has 27 heavy (non-hydrogen) atoms. The molecule has 0 spiro atoms. The van der Waals surface area contributed by atoms with Gasteiger partial charge in [-0.2, -0.15) is 13.2 Å². The molecule has 0 aliphatic carbocycles. The second-order valence-electron chi connectivity index (χ2n) is 7.56. The summed E-state index contributed by atoms with van der Waals surface area (Å²) in [6, 6.07) is 12.5. The number of nitrogens with zero attached hydrogens (tertiary/aromatic N) is 2. The average Bonchev–Trinajstić information content (AvgIpc) is 2.63. The number of piperazine rings is 1. The molecular formula is C22H27F3N2. The van der Waals surface area contributed by atoms with E-state index in [0.29, 0.717) is 6.42 Å². The zero-order chi connectivity index (χ0) is 19.6. The van der Waals surface area contributed by atoms with Gasteiger partial charge in [0.15, 0.2) is 0 Å². The zero-order valence-corrected chi connectivity index (χ0v) is 16.2. The van der Waals surface area contributed by atoms with E-state index in [1.165, 1.54) is 28.9 Å². The SMILES string of the molecule is Cc1ccc(C)c(N2CCN([C@@H](C)Cc3cccc(C(F)(F)F)c3)CC2)c1. The van der Waals surface area contributed by atoms with Crippen molar-refractivity contribution >= 4 is 5.69 Å². The first kappa shape index (κ1) is 19.7. The Balaban J connectivity index is 1.60. The van der Waals surface area contributed by atoms with Gasteiger partial charge in [0.1, 0.15) is 0 Å². The molecule has 0 bridgehead atoms. The number of halogens is 3. The topological polar surface area (TPSA) is 6.48 Å². The van der Waals surface area contributed by atoms with Gasteiger partial charge in [-0.1, -0.05) is 30.3 Å². The van der Waals surface area contributed by atoms with Crippen LogP contribution in [0.3, 0.4) is 0 Å². The van der Waals surface area contributed by atoms with Crippen LogP contribution in [0.15, 0.2) is 42.5 Å². The highest BCUT2D eigenvalue weighted by Gasteiger charge is 2.30. The van der Waals surface area contributed by atoms with E-state index in [0.717, 1.165) is 37.8 Å². The van der Waals surface area contributed by atoms with Crippen molar-refractivity contribution in [1.82, 2.24) is 4.90 Å².